The van der Waals surface area contributed by atoms with Crippen LogP contribution in [0, 0.1) is 6.92 Å². The summed E-state index contributed by atoms with van der Waals surface area (Å²) in [6, 6.07) is 10.3. The lowest BCUT2D eigenvalue weighted by Gasteiger charge is -2.40. The maximum Gasteiger partial charge on any atom is 0.139 e. The second kappa shape index (κ2) is 6.21. The monoisotopic (exact) mass is 328 g/mol. The van der Waals surface area contributed by atoms with Crippen molar-refractivity contribution in [1.29, 1.82) is 0 Å². The zero-order valence-corrected chi connectivity index (χ0v) is 14.7. The fourth-order valence-electron chi connectivity index (χ4n) is 4.10. The Balaban J connectivity index is 1.40. The average Bonchev–Trinajstić information content (AvgIpc) is 3.10. The number of likely N-dealkylation sites (tertiary alicyclic amines) is 1. The molecule has 0 bridgehead atoms. The topological polar surface area (TPSA) is 32.3 Å². The molecule has 2 aromatic rings. The molecule has 1 aromatic carbocycles. The number of para-hydroxylation sites is 1. The van der Waals surface area contributed by atoms with Crippen molar-refractivity contribution in [1.82, 2.24) is 14.3 Å². The van der Waals surface area contributed by atoms with E-state index in [1.165, 1.54) is 30.5 Å². The van der Waals surface area contributed by atoms with Crippen LogP contribution >= 0.6 is 11.5 Å². The standard InChI is InChI=1S/C18H24N4S/c1-13-11-15-5-3-4-6-17(15)22(13)16-7-9-21(10-8-16)12-18-19-14(2)20-23-18/h3-6,13,16H,7-12H2,1-2H3. The summed E-state index contributed by atoms with van der Waals surface area (Å²) in [5.74, 6) is 0.905. The van der Waals surface area contributed by atoms with Gasteiger partial charge in [0.1, 0.15) is 10.8 Å². The highest BCUT2D eigenvalue weighted by molar-refractivity contribution is 7.05. The van der Waals surface area contributed by atoms with Crippen LogP contribution in [0.2, 0.25) is 0 Å². The number of piperidine rings is 1. The van der Waals surface area contributed by atoms with E-state index in [0.29, 0.717) is 12.1 Å². The normalized spacial score (nSPS) is 22.5. The molecular formula is C18H24N4S. The SMILES string of the molecule is Cc1nsc(CN2CCC(N3c4ccccc4CC3C)CC2)n1. The van der Waals surface area contributed by atoms with Crippen LogP contribution < -0.4 is 4.90 Å². The molecular weight excluding hydrogens is 304 g/mol. The van der Waals surface area contributed by atoms with Crippen molar-refractivity contribution in [2.45, 2.75) is 51.7 Å². The molecule has 23 heavy (non-hydrogen) atoms. The van der Waals surface area contributed by atoms with Crippen molar-refractivity contribution < 1.29 is 0 Å². The number of nitrogens with zero attached hydrogens (tertiary/aromatic N) is 4. The number of fused-ring (bicyclic) bond motifs is 1. The van der Waals surface area contributed by atoms with E-state index in [0.717, 1.165) is 30.5 Å². The fraction of sp³-hybridized carbons (Fsp3) is 0.556. The Kier molecular flexibility index (Phi) is 4.07. The maximum absolute atomic E-state index is 4.50. The highest BCUT2D eigenvalue weighted by Gasteiger charge is 2.33. The maximum atomic E-state index is 4.50. The first-order chi connectivity index (χ1) is 11.2. The molecule has 1 aromatic heterocycles. The van der Waals surface area contributed by atoms with Crippen molar-refractivity contribution >= 4 is 17.2 Å². The molecule has 122 valence electrons. The number of aryl methyl sites for hydroxylation is 1. The quantitative estimate of drug-likeness (QED) is 0.866. The molecule has 0 radical (unpaired) electrons. The third-order valence-electron chi connectivity index (χ3n) is 5.14. The Morgan fingerprint density at radius 2 is 2.00 bits per heavy atom. The van der Waals surface area contributed by atoms with Crippen LogP contribution in [-0.2, 0) is 13.0 Å². The van der Waals surface area contributed by atoms with Crippen molar-refractivity contribution in [3.8, 4) is 0 Å². The summed E-state index contributed by atoms with van der Waals surface area (Å²) < 4.78 is 4.29. The van der Waals surface area contributed by atoms with Gasteiger partial charge in [-0.25, -0.2) is 4.98 Å². The molecule has 4 rings (SSSR count). The van der Waals surface area contributed by atoms with Crippen LogP contribution in [-0.4, -0.2) is 39.4 Å². The van der Waals surface area contributed by atoms with Gasteiger partial charge >= 0.3 is 0 Å². The van der Waals surface area contributed by atoms with Gasteiger partial charge in [-0.1, -0.05) is 18.2 Å². The van der Waals surface area contributed by atoms with E-state index in [4.69, 9.17) is 0 Å². The van der Waals surface area contributed by atoms with Gasteiger partial charge in [0.05, 0.1) is 6.54 Å². The summed E-state index contributed by atoms with van der Waals surface area (Å²) >= 11 is 1.55. The van der Waals surface area contributed by atoms with E-state index in [1.807, 2.05) is 6.92 Å². The molecule has 2 aliphatic rings. The van der Waals surface area contributed by atoms with Gasteiger partial charge in [-0.2, -0.15) is 4.37 Å². The minimum Gasteiger partial charge on any atom is -0.365 e. The highest BCUT2D eigenvalue weighted by Crippen LogP contribution is 2.36. The number of benzene rings is 1. The fourth-order valence-corrected chi connectivity index (χ4v) is 4.79. The summed E-state index contributed by atoms with van der Waals surface area (Å²) in [5.41, 5.74) is 2.99. The first-order valence-corrected chi connectivity index (χ1v) is 9.36. The Morgan fingerprint density at radius 1 is 1.22 bits per heavy atom. The Bertz CT molecular complexity index is 675. The van der Waals surface area contributed by atoms with Gasteiger partial charge in [0.2, 0.25) is 0 Å². The first kappa shape index (κ1) is 15.1. The number of anilines is 1. The number of aromatic nitrogens is 2. The largest absolute Gasteiger partial charge is 0.365 e. The Morgan fingerprint density at radius 3 is 2.74 bits per heavy atom. The second-order valence-corrected chi connectivity index (χ2v) is 7.67. The summed E-state index contributed by atoms with van der Waals surface area (Å²) in [5, 5.41) is 1.15. The molecule has 5 heteroatoms. The van der Waals surface area contributed by atoms with Crippen LogP contribution in [0.25, 0.3) is 0 Å². The van der Waals surface area contributed by atoms with E-state index in [1.54, 1.807) is 11.5 Å². The third-order valence-corrected chi connectivity index (χ3v) is 5.93. The predicted octanol–water partition coefficient (Wildman–Crippen LogP) is 3.26. The summed E-state index contributed by atoms with van der Waals surface area (Å²) in [4.78, 5) is 9.71. The summed E-state index contributed by atoms with van der Waals surface area (Å²) in [6.45, 7) is 7.63. The minimum absolute atomic E-state index is 0.634. The Labute approximate surface area is 142 Å². The van der Waals surface area contributed by atoms with E-state index in [-0.39, 0.29) is 0 Å². The minimum atomic E-state index is 0.634. The summed E-state index contributed by atoms with van der Waals surface area (Å²) in [7, 11) is 0. The van der Waals surface area contributed by atoms with E-state index in [9.17, 15) is 0 Å². The Hall–Kier alpha value is -1.46. The van der Waals surface area contributed by atoms with Gasteiger partial charge in [0, 0.05) is 30.9 Å². The third kappa shape index (κ3) is 3.00. The lowest BCUT2D eigenvalue weighted by atomic mass is 10.0. The molecule has 3 heterocycles. The zero-order valence-electron chi connectivity index (χ0n) is 13.9. The van der Waals surface area contributed by atoms with Gasteiger partial charge in [0.15, 0.2) is 0 Å². The molecule has 1 saturated heterocycles. The van der Waals surface area contributed by atoms with Crippen LogP contribution in [0.15, 0.2) is 24.3 Å². The molecule has 0 saturated carbocycles. The smallest absolute Gasteiger partial charge is 0.139 e. The molecule has 1 unspecified atom stereocenters. The highest BCUT2D eigenvalue weighted by atomic mass is 32.1. The molecule has 1 fully saturated rings. The molecule has 0 amide bonds. The molecule has 2 aliphatic heterocycles. The van der Waals surface area contributed by atoms with Crippen LogP contribution in [0.1, 0.15) is 36.2 Å². The van der Waals surface area contributed by atoms with Gasteiger partial charge in [0.25, 0.3) is 0 Å². The molecule has 4 nitrogen and oxygen atoms in total. The first-order valence-electron chi connectivity index (χ1n) is 8.58. The second-order valence-electron chi connectivity index (χ2n) is 6.83. The van der Waals surface area contributed by atoms with Crippen molar-refractivity contribution in [2.24, 2.45) is 0 Å². The van der Waals surface area contributed by atoms with Crippen molar-refractivity contribution in [3.63, 3.8) is 0 Å². The summed E-state index contributed by atoms with van der Waals surface area (Å²) in [6.07, 6.45) is 3.69. The number of hydrogen-bond donors (Lipinski definition) is 0. The van der Waals surface area contributed by atoms with E-state index >= 15 is 0 Å². The van der Waals surface area contributed by atoms with Crippen LogP contribution in [0.4, 0.5) is 5.69 Å². The molecule has 1 atom stereocenters. The van der Waals surface area contributed by atoms with E-state index in [2.05, 4.69) is 50.3 Å². The van der Waals surface area contributed by atoms with Crippen molar-refractivity contribution in [2.75, 3.05) is 18.0 Å². The molecule has 0 aliphatic carbocycles. The van der Waals surface area contributed by atoms with Crippen LogP contribution in [0.5, 0.6) is 0 Å². The number of rotatable bonds is 3. The molecule has 0 spiro atoms. The van der Waals surface area contributed by atoms with E-state index < -0.39 is 0 Å². The van der Waals surface area contributed by atoms with Crippen molar-refractivity contribution in [3.05, 3.63) is 40.7 Å². The number of hydrogen-bond acceptors (Lipinski definition) is 5. The average molecular weight is 328 g/mol. The lowest BCUT2D eigenvalue weighted by Crippen LogP contribution is -2.46. The van der Waals surface area contributed by atoms with Gasteiger partial charge in [-0.05, 0) is 56.3 Å². The van der Waals surface area contributed by atoms with Gasteiger partial charge in [-0.3, -0.25) is 4.90 Å². The molecule has 0 N–H and O–H groups in total. The lowest BCUT2D eigenvalue weighted by molar-refractivity contribution is 0.199. The zero-order chi connectivity index (χ0) is 15.8. The predicted molar refractivity (Wildman–Crippen MR) is 95.0 cm³/mol. The van der Waals surface area contributed by atoms with Crippen LogP contribution in [0.3, 0.4) is 0 Å². The van der Waals surface area contributed by atoms with Gasteiger partial charge in [-0.15, -0.1) is 0 Å². The van der Waals surface area contributed by atoms with Gasteiger partial charge < -0.3 is 4.90 Å².